The zero-order chi connectivity index (χ0) is 32.8. The summed E-state index contributed by atoms with van der Waals surface area (Å²) in [5, 5.41) is 23.8. The first-order valence-corrected chi connectivity index (χ1v) is 15.9. The molecule has 0 aromatic heterocycles. The van der Waals surface area contributed by atoms with Crippen LogP contribution >= 0.6 is 0 Å². The number of benzene rings is 1. The minimum atomic E-state index is -5.90. The number of ether oxygens (including phenoxy) is 4. The molecule has 0 radical (unpaired) electrons. The van der Waals surface area contributed by atoms with Crippen molar-refractivity contribution in [2.45, 2.75) is 113 Å². The number of halogens is 5. The molecular formula is C34H45F5O6. The first-order valence-electron chi connectivity index (χ1n) is 15.9. The lowest BCUT2D eigenvalue weighted by atomic mass is 9.49. The molecule has 4 aliphatic carbocycles. The number of methoxy groups -OCH3 is 2. The molecule has 2 N–H and O–H groups in total. The molecule has 0 bridgehead atoms. The van der Waals surface area contributed by atoms with E-state index in [1.54, 1.807) is 12.1 Å². The number of rotatable bonds is 5. The largest absolute Gasteiger partial charge is 0.456 e. The summed E-state index contributed by atoms with van der Waals surface area (Å²) < 4.78 is 95.6. The van der Waals surface area contributed by atoms with Gasteiger partial charge in [0.1, 0.15) is 5.60 Å². The highest BCUT2D eigenvalue weighted by Crippen LogP contribution is 2.71. The molecule has 11 heteroatoms. The van der Waals surface area contributed by atoms with Crippen LogP contribution < -0.4 is 0 Å². The third kappa shape index (κ3) is 4.93. The molecule has 6 nitrogen and oxygen atoms in total. The SMILES string of the molecule is COC(OC)c1ccc([C@H]2C[C@@]3(C)[C@@H](CC[C@@]3(O)C(F)(F)C(F)(F)F)[C@@H]3CC[C@@]4(O)CC5(CCC4=C32)OCC(C)(C)CO5)cc1. The predicted molar refractivity (Wildman–Crippen MR) is 154 cm³/mol. The first kappa shape index (κ1) is 33.3. The fraction of sp³-hybridized carbons (Fsp3) is 0.765. The number of hydrogen-bond donors (Lipinski definition) is 2. The predicted octanol–water partition coefficient (Wildman–Crippen LogP) is 7.20. The molecule has 6 atom stereocenters. The van der Waals surface area contributed by atoms with Gasteiger partial charge in [0.2, 0.25) is 0 Å². The van der Waals surface area contributed by atoms with Gasteiger partial charge in [-0.05, 0) is 61.5 Å². The highest BCUT2D eigenvalue weighted by molar-refractivity contribution is 5.45. The van der Waals surface area contributed by atoms with Gasteiger partial charge in [0.05, 0.1) is 18.8 Å². The summed E-state index contributed by atoms with van der Waals surface area (Å²) in [6.07, 6.45) is -5.36. The van der Waals surface area contributed by atoms with Crippen LogP contribution in [0.25, 0.3) is 0 Å². The maximum absolute atomic E-state index is 15.3. The van der Waals surface area contributed by atoms with Gasteiger partial charge < -0.3 is 29.2 Å². The summed E-state index contributed by atoms with van der Waals surface area (Å²) in [7, 11) is 3.00. The van der Waals surface area contributed by atoms with E-state index in [0.717, 1.165) is 16.7 Å². The Balaban J connectivity index is 1.45. The highest BCUT2D eigenvalue weighted by atomic mass is 19.4. The van der Waals surface area contributed by atoms with Crippen LogP contribution in [0, 0.1) is 22.7 Å². The van der Waals surface area contributed by atoms with E-state index in [-0.39, 0.29) is 30.6 Å². The average Bonchev–Trinajstić information content (AvgIpc) is 3.26. The van der Waals surface area contributed by atoms with E-state index in [9.17, 15) is 23.4 Å². The summed E-state index contributed by atoms with van der Waals surface area (Å²) in [6, 6.07) is 7.23. The zero-order valence-electron chi connectivity index (χ0n) is 26.6. The van der Waals surface area contributed by atoms with Crippen molar-refractivity contribution in [3.05, 3.63) is 46.5 Å². The molecule has 3 saturated carbocycles. The maximum atomic E-state index is 15.3. The van der Waals surface area contributed by atoms with Crippen molar-refractivity contribution in [3.63, 3.8) is 0 Å². The van der Waals surface area contributed by atoms with E-state index in [1.807, 2.05) is 12.1 Å². The van der Waals surface area contributed by atoms with Crippen molar-refractivity contribution < 1.29 is 51.1 Å². The van der Waals surface area contributed by atoms with E-state index >= 15 is 8.78 Å². The molecular weight excluding hydrogens is 599 g/mol. The number of aliphatic hydroxyl groups is 2. The Hall–Kier alpha value is -1.63. The van der Waals surface area contributed by atoms with Gasteiger partial charge in [-0.1, -0.05) is 50.6 Å². The molecule has 1 aromatic rings. The van der Waals surface area contributed by atoms with Gasteiger partial charge in [-0.2, -0.15) is 22.0 Å². The number of fused-ring (bicyclic) bond motifs is 4. The summed E-state index contributed by atoms with van der Waals surface area (Å²) in [5.74, 6) is -7.79. The van der Waals surface area contributed by atoms with Crippen LogP contribution in [0.5, 0.6) is 0 Å². The van der Waals surface area contributed by atoms with E-state index in [2.05, 4.69) is 13.8 Å². The molecule has 45 heavy (non-hydrogen) atoms. The smallest absolute Gasteiger partial charge is 0.385 e. The second-order valence-corrected chi connectivity index (χ2v) is 15.2. The Bertz CT molecular complexity index is 1310. The van der Waals surface area contributed by atoms with Crippen LogP contribution in [-0.2, 0) is 18.9 Å². The van der Waals surface area contributed by atoms with Gasteiger partial charge in [-0.3, -0.25) is 0 Å². The molecule has 1 aliphatic heterocycles. The van der Waals surface area contributed by atoms with Crippen molar-refractivity contribution in [1.82, 2.24) is 0 Å². The quantitative estimate of drug-likeness (QED) is 0.201. The average molecular weight is 645 g/mol. The molecule has 1 saturated heterocycles. The molecule has 0 amide bonds. The molecule has 6 rings (SSSR count). The third-order valence-corrected chi connectivity index (χ3v) is 11.9. The monoisotopic (exact) mass is 644 g/mol. The fourth-order valence-corrected chi connectivity index (χ4v) is 9.56. The highest BCUT2D eigenvalue weighted by Gasteiger charge is 2.79. The van der Waals surface area contributed by atoms with Crippen LogP contribution in [0.4, 0.5) is 22.0 Å². The molecule has 5 aliphatic rings. The Kier molecular flexibility index (Phi) is 7.90. The minimum absolute atomic E-state index is 0.0405. The molecule has 1 spiro atoms. The summed E-state index contributed by atoms with van der Waals surface area (Å²) in [6.45, 7) is 6.50. The molecule has 0 unspecified atom stereocenters. The Labute approximate surface area is 261 Å². The van der Waals surface area contributed by atoms with Crippen molar-refractivity contribution in [3.8, 4) is 0 Å². The number of hydrogen-bond acceptors (Lipinski definition) is 6. The van der Waals surface area contributed by atoms with Gasteiger partial charge in [0, 0.05) is 49.4 Å². The van der Waals surface area contributed by atoms with Crippen LogP contribution in [0.15, 0.2) is 35.4 Å². The normalized spacial score (nSPS) is 37.8. The van der Waals surface area contributed by atoms with Gasteiger partial charge in [0.15, 0.2) is 12.1 Å². The third-order valence-electron chi connectivity index (χ3n) is 11.9. The van der Waals surface area contributed by atoms with Crippen molar-refractivity contribution in [2.75, 3.05) is 27.4 Å². The second-order valence-electron chi connectivity index (χ2n) is 15.2. The minimum Gasteiger partial charge on any atom is -0.385 e. The Morgan fingerprint density at radius 3 is 2.09 bits per heavy atom. The maximum Gasteiger partial charge on any atom is 0.456 e. The Morgan fingerprint density at radius 2 is 1.51 bits per heavy atom. The van der Waals surface area contributed by atoms with Crippen LogP contribution in [0.3, 0.4) is 0 Å². The topological polar surface area (TPSA) is 77.4 Å². The van der Waals surface area contributed by atoms with Crippen LogP contribution in [0.2, 0.25) is 0 Å². The summed E-state index contributed by atoms with van der Waals surface area (Å²) >= 11 is 0. The number of alkyl halides is 5. The fourth-order valence-electron chi connectivity index (χ4n) is 9.56. The van der Waals surface area contributed by atoms with E-state index in [4.69, 9.17) is 18.9 Å². The lowest BCUT2D eigenvalue weighted by Gasteiger charge is -2.59. The van der Waals surface area contributed by atoms with Crippen molar-refractivity contribution in [2.24, 2.45) is 22.7 Å². The van der Waals surface area contributed by atoms with Gasteiger partial charge in [-0.25, -0.2) is 0 Å². The molecule has 252 valence electrons. The standard InChI is InChI=1S/C34H45F5O6/c1-28(2)18-44-31(45-19-28)14-11-25-26-22(10-13-30(25,40)17-31)24-12-15-32(41,33(35,36)34(37,38)39)29(24,3)16-23(26)20-6-8-21(9-7-20)27(42-4)43-5/h6-9,22-24,27,40-41H,10-19H2,1-5H3/t22-,23+,24-,29-,30+,32-/m0/s1. The first-order chi connectivity index (χ1) is 20.9. The van der Waals surface area contributed by atoms with E-state index in [0.29, 0.717) is 44.5 Å². The molecule has 1 aromatic carbocycles. The number of allylic oxidation sites excluding steroid dienone is 1. The summed E-state index contributed by atoms with van der Waals surface area (Å²) in [4.78, 5) is 0. The second kappa shape index (κ2) is 10.7. The lowest BCUT2D eigenvalue weighted by molar-refractivity contribution is -0.362. The van der Waals surface area contributed by atoms with Crippen molar-refractivity contribution >= 4 is 0 Å². The lowest BCUT2D eigenvalue weighted by Crippen LogP contribution is -2.65. The summed E-state index contributed by atoms with van der Waals surface area (Å²) in [5.41, 5.74) is -3.25. The van der Waals surface area contributed by atoms with E-state index in [1.165, 1.54) is 21.1 Å². The van der Waals surface area contributed by atoms with Gasteiger partial charge in [-0.15, -0.1) is 0 Å². The molecule has 4 fully saturated rings. The molecule has 1 heterocycles. The Morgan fingerprint density at radius 1 is 0.889 bits per heavy atom. The zero-order valence-corrected chi connectivity index (χ0v) is 26.6. The van der Waals surface area contributed by atoms with Crippen molar-refractivity contribution in [1.29, 1.82) is 0 Å². The van der Waals surface area contributed by atoms with Gasteiger partial charge in [0.25, 0.3) is 0 Å². The van der Waals surface area contributed by atoms with Gasteiger partial charge >= 0.3 is 12.1 Å². The van der Waals surface area contributed by atoms with Crippen LogP contribution in [-0.4, -0.2) is 66.7 Å². The van der Waals surface area contributed by atoms with E-state index < -0.39 is 59.0 Å². The van der Waals surface area contributed by atoms with Crippen LogP contribution in [0.1, 0.15) is 95.5 Å².